The maximum absolute atomic E-state index is 11.0. The van der Waals surface area contributed by atoms with Gasteiger partial charge in [-0.05, 0) is 24.1 Å². The van der Waals surface area contributed by atoms with Crippen molar-refractivity contribution in [2.75, 3.05) is 0 Å². The third kappa shape index (κ3) is 2.25. The number of carbonyl (C=O) groups is 1. The highest BCUT2D eigenvalue weighted by molar-refractivity contribution is 5.74. The molecule has 0 aliphatic carbocycles. The lowest BCUT2D eigenvalue weighted by atomic mass is 10.1. The molecule has 0 aliphatic heterocycles. The molecule has 0 fully saturated rings. The number of H-pyrrole nitrogens is 1. The largest absolute Gasteiger partial charge is 0.481 e. The van der Waals surface area contributed by atoms with Crippen LogP contribution in [0.15, 0.2) is 29.2 Å². The summed E-state index contributed by atoms with van der Waals surface area (Å²) in [5, 5.41) is 8.56. The first kappa shape index (κ1) is 10.4. The fraction of sp³-hybridized carbons (Fsp3) is 0.182. The molecule has 0 saturated carbocycles. The van der Waals surface area contributed by atoms with E-state index >= 15 is 0 Å². The van der Waals surface area contributed by atoms with Crippen LogP contribution in [0.3, 0.4) is 0 Å². The molecule has 0 amide bonds. The lowest BCUT2D eigenvalue weighted by molar-refractivity contribution is -0.136. The first-order chi connectivity index (χ1) is 7.65. The van der Waals surface area contributed by atoms with Gasteiger partial charge >= 0.3 is 5.97 Å². The van der Waals surface area contributed by atoms with Gasteiger partial charge in [0.2, 0.25) is 0 Å². The van der Waals surface area contributed by atoms with Gasteiger partial charge in [0.1, 0.15) is 0 Å². The maximum Gasteiger partial charge on any atom is 0.303 e. The number of hydrogen-bond acceptors (Lipinski definition) is 3. The van der Waals surface area contributed by atoms with E-state index < -0.39 is 5.97 Å². The first-order valence-electron chi connectivity index (χ1n) is 4.85. The Bertz CT molecular complexity index is 589. The number of carboxylic acid groups (broad SMARTS) is 1. The number of fused-ring (bicyclic) bond motifs is 1. The molecule has 0 radical (unpaired) electrons. The number of aryl methyl sites for hydroxylation is 1. The highest BCUT2D eigenvalue weighted by atomic mass is 16.4. The molecule has 5 heteroatoms. The number of rotatable bonds is 3. The summed E-state index contributed by atoms with van der Waals surface area (Å²) >= 11 is 0. The van der Waals surface area contributed by atoms with Crippen molar-refractivity contribution in [1.29, 1.82) is 0 Å². The van der Waals surface area contributed by atoms with Crippen molar-refractivity contribution in [2.45, 2.75) is 12.8 Å². The van der Waals surface area contributed by atoms with Gasteiger partial charge in [-0.25, -0.2) is 4.98 Å². The number of carboxylic acids is 1. The number of aliphatic carboxylic acids is 1. The van der Waals surface area contributed by atoms with Gasteiger partial charge < -0.3 is 10.1 Å². The fourth-order valence-electron chi connectivity index (χ4n) is 1.49. The highest BCUT2D eigenvalue weighted by Gasteiger charge is 2.01. The van der Waals surface area contributed by atoms with Crippen molar-refractivity contribution in [2.24, 2.45) is 0 Å². The summed E-state index contributed by atoms with van der Waals surface area (Å²) < 4.78 is 0. The molecule has 2 rings (SSSR count). The SMILES string of the molecule is O=C(O)CCc1ccc2[nH]c(=O)cnc2c1. The summed E-state index contributed by atoms with van der Waals surface area (Å²) in [7, 11) is 0. The van der Waals surface area contributed by atoms with Crippen LogP contribution in [0.1, 0.15) is 12.0 Å². The van der Waals surface area contributed by atoms with E-state index in [2.05, 4.69) is 9.97 Å². The van der Waals surface area contributed by atoms with Crippen LogP contribution in [0.2, 0.25) is 0 Å². The van der Waals surface area contributed by atoms with Crippen LogP contribution >= 0.6 is 0 Å². The Hall–Kier alpha value is -2.17. The zero-order valence-corrected chi connectivity index (χ0v) is 8.43. The van der Waals surface area contributed by atoms with E-state index in [1.54, 1.807) is 18.2 Å². The van der Waals surface area contributed by atoms with E-state index in [4.69, 9.17) is 5.11 Å². The number of aromatic amines is 1. The highest BCUT2D eigenvalue weighted by Crippen LogP contribution is 2.11. The predicted octanol–water partition coefficient (Wildman–Crippen LogP) is 0.940. The zero-order valence-electron chi connectivity index (χ0n) is 8.43. The summed E-state index contributed by atoms with van der Waals surface area (Å²) in [5.74, 6) is -0.825. The smallest absolute Gasteiger partial charge is 0.303 e. The summed E-state index contributed by atoms with van der Waals surface area (Å²) in [5.41, 5.74) is 1.98. The Morgan fingerprint density at radius 2 is 2.25 bits per heavy atom. The number of nitrogens with zero attached hydrogens (tertiary/aromatic N) is 1. The van der Waals surface area contributed by atoms with E-state index in [0.29, 0.717) is 17.5 Å². The van der Waals surface area contributed by atoms with Crippen LogP contribution in [0.5, 0.6) is 0 Å². The quantitative estimate of drug-likeness (QED) is 0.803. The van der Waals surface area contributed by atoms with Gasteiger partial charge in [0, 0.05) is 6.42 Å². The lowest BCUT2D eigenvalue weighted by Crippen LogP contribution is -2.05. The second-order valence-corrected chi connectivity index (χ2v) is 3.49. The van der Waals surface area contributed by atoms with Crippen molar-refractivity contribution in [3.05, 3.63) is 40.3 Å². The van der Waals surface area contributed by atoms with Gasteiger partial charge in [-0.1, -0.05) is 6.07 Å². The predicted molar refractivity (Wildman–Crippen MR) is 58.3 cm³/mol. The van der Waals surface area contributed by atoms with Gasteiger partial charge in [-0.3, -0.25) is 9.59 Å². The molecule has 5 nitrogen and oxygen atoms in total. The average Bonchev–Trinajstić information content (AvgIpc) is 2.26. The molecule has 0 bridgehead atoms. The third-order valence-corrected chi connectivity index (χ3v) is 2.27. The molecular weight excluding hydrogens is 208 g/mol. The van der Waals surface area contributed by atoms with E-state index in [9.17, 15) is 9.59 Å². The Kier molecular flexibility index (Phi) is 2.68. The summed E-state index contributed by atoms with van der Waals surface area (Å²) in [6.07, 6.45) is 1.77. The molecule has 2 aromatic rings. The second kappa shape index (κ2) is 4.14. The Balaban J connectivity index is 2.33. The van der Waals surface area contributed by atoms with Crippen molar-refractivity contribution >= 4 is 17.0 Å². The van der Waals surface area contributed by atoms with Gasteiger partial charge in [0.25, 0.3) is 5.56 Å². The van der Waals surface area contributed by atoms with E-state index in [0.717, 1.165) is 5.56 Å². The third-order valence-electron chi connectivity index (χ3n) is 2.27. The Morgan fingerprint density at radius 1 is 1.44 bits per heavy atom. The van der Waals surface area contributed by atoms with Crippen LogP contribution in [-0.2, 0) is 11.2 Å². The molecular formula is C11H10N2O3. The standard InChI is InChI=1S/C11H10N2O3/c14-10-6-12-9-5-7(2-4-11(15)16)1-3-8(9)13-10/h1,3,5-6H,2,4H2,(H,13,14)(H,15,16). The van der Waals surface area contributed by atoms with Crippen LogP contribution < -0.4 is 5.56 Å². The fourth-order valence-corrected chi connectivity index (χ4v) is 1.49. The van der Waals surface area contributed by atoms with Crippen LogP contribution in [0, 0.1) is 0 Å². The minimum Gasteiger partial charge on any atom is -0.481 e. The van der Waals surface area contributed by atoms with Gasteiger partial charge in [0.05, 0.1) is 17.2 Å². The lowest BCUT2D eigenvalue weighted by Gasteiger charge is -2.00. The van der Waals surface area contributed by atoms with E-state index in [1.807, 2.05) is 0 Å². The molecule has 1 aromatic heterocycles. The summed E-state index contributed by atoms with van der Waals surface area (Å²) in [4.78, 5) is 28.0. The Morgan fingerprint density at radius 3 is 3.00 bits per heavy atom. The maximum atomic E-state index is 11.0. The molecule has 0 saturated heterocycles. The van der Waals surface area contributed by atoms with Crippen LogP contribution in [0.4, 0.5) is 0 Å². The van der Waals surface area contributed by atoms with Crippen LogP contribution in [0.25, 0.3) is 11.0 Å². The van der Waals surface area contributed by atoms with E-state index in [-0.39, 0.29) is 12.0 Å². The molecule has 0 atom stereocenters. The molecule has 1 aromatic carbocycles. The summed E-state index contributed by atoms with van der Waals surface area (Å²) in [6, 6.07) is 5.32. The minimum absolute atomic E-state index is 0.0921. The average molecular weight is 218 g/mol. The van der Waals surface area contributed by atoms with Crippen LogP contribution in [-0.4, -0.2) is 21.0 Å². The molecule has 1 heterocycles. The molecule has 0 unspecified atom stereocenters. The molecule has 16 heavy (non-hydrogen) atoms. The van der Waals surface area contributed by atoms with Gasteiger partial charge in [0.15, 0.2) is 0 Å². The molecule has 0 spiro atoms. The normalized spacial score (nSPS) is 10.5. The van der Waals surface area contributed by atoms with Gasteiger partial charge in [-0.2, -0.15) is 0 Å². The number of nitrogens with one attached hydrogen (secondary N) is 1. The van der Waals surface area contributed by atoms with Crippen molar-refractivity contribution in [1.82, 2.24) is 9.97 Å². The molecule has 0 aliphatic rings. The number of benzene rings is 1. The second-order valence-electron chi connectivity index (χ2n) is 3.49. The Labute approximate surface area is 90.8 Å². The number of hydrogen-bond donors (Lipinski definition) is 2. The molecule has 2 N–H and O–H groups in total. The summed E-state index contributed by atoms with van der Waals surface area (Å²) in [6.45, 7) is 0. The number of aromatic nitrogens is 2. The molecule has 82 valence electrons. The first-order valence-corrected chi connectivity index (χ1v) is 4.85. The van der Waals surface area contributed by atoms with Crippen molar-refractivity contribution in [3.63, 3.8) is 0 Å². The van der Waals surface area contributed by atoms with E-state index in [1.165, 1.54) is 6.20 Å². The topological polar surface area (TPSA) is 83.0 Å². The van der Waals surface area contributed by atoms with Crippen molar-refractivity contribution < 1.29 is 9.90 Å². The minimum atomic E-state index is -0.825. The van der Waals surface area contributed by atoms with Crippen molar-refractivity contribution in [3.8, 4) is 0 Å². The monoisotopic (exact) mass is 218 g/mol. The van der Waals surface area contributed by atoms with Gasteiger partial charge in [-0.15, -0.1) is 0 Å². The zero-order chi connectivity index (χ0) is 11.5.